The lowest BCUT2D eigenvalue weighted by Crippen LogP contribution is -2.37. The van der Waals surface area contributed by atoms with Gasteiger partial charge in [0.15, 0.2) is 0 Å². The van der Waals surface area contributed by atoms with Crippen molar-refractivity contribution in [3.8, 4) is 17.2 Å². The Morgan fingerprint density at radius 1 is 0.878 bits per heavy atom. The van der Waals surface area contributed by atoms with Crippen LogP contribution in [-0.2, 0) is 23.1 Å². The van der Waals surface area contributed by atoms with Crippen molar-refractivity contribution in [2.75, 3.05) is 24.1 Å². The second-order valence-corrected chi connectivity index (χ2v) is 11.8. The molecule has 1 unspecified atom stereocenters. The fourth-order valence-corrected chi connectivity index (χ4v) is 4.79. The van der Waals surface area contributed by atoms with Gasteiger partial charge in [-0.3, -0.25) is 4.72 Å². The maximum absolute atomic E-state index is 12.0. The van der Waals surface area contributed by atoms with Gasteiger partial charge in [-0.1, -0.05) is 60.1 Å². The van der Waals surface area contributed by atoms with Gasteiger partial charge in [-0.25, -0.2) is 8.42 Å². The van der Waals surface area contributed by atoms with Crippen LogP contribution >= 0.6 is 11.6 Å². The molecule has 0 spiro atoms. The molecule has 4 aromatic carbocycles. The van der Waals surface area contributed by atoms with E-state index < -0.39 is 16.1 Å². The molecule has 8 nitrogen and oxygen atoms in total. The molecule has 0 saturated carbocycles. The van der Waals surface area contributed by atoms with Crippen LogP contribution in [0.3, 0.4) is 0 Å². The molecule has 0 fully saturated rings. The van der Waals surface area contributed by atoms with Crippen molar-refractivity contribution in [1.82, 2.24) is 5.32 Å². The smallest absolute Gasteiger partial charge is 0.229 e. The Balaban J connectivity index is 1.35. The molecule has 4 N–H and O–H groups in total. The van der Waals surface area contributed by atoms with Gasteiger partial charge < -0.3 is 25.0 Å². The number of aliphatic hydroxyl groups excluding tert-OH is 2. The number of ether oxygens (including phenoxy) is 2. The zero-order chi connectivity index (χ0) is 29.2. The Morgan fingerprint density at radius 2 is 1.54 bits per heavy atom. The van der Waals surface area contributed by atoms with E-state index in [0.29, 0.717) is 34.3 Å². The van der Waals surface area contributed by atoms with Gasteiger partial charge in [0.25, 0.3) is 0 Å². The van der Waals surface area contributed by atoms with Crippen molar-refractivity contribution in [3.63, 3.8) is 0 Å². The molecule has 10 heteroatoms. The van der Waals surface area contributed by atoms with Gasteiger partial charge in [0.05, 0.1) is 24.7 Å². The van der Waals surface area contributed by atoms with Gasteiger partial charge in [0.2, 0.25) is 10.0 Å². The first-order chi connectivity index (χ1) is 19.7. The fourth-order valence-electron chi connectivity index (χ4n) is 4.11. The monoisotopic (exact) mass is 596 g/mol. The van der Waals surface area contributed by atoms with Crippen molar-refractivity contribution in [1.29, 1.82) is 0 Å². The number of benzene rings is 4. The van der Waals surface area contributed by atoms with Gasteiger partial charge in [0, 0.05) is 17.6 Å². The lowest BCUT2D eigenvalue weighted by molar-refractivity contribution is 0.158. The van der Waals surface area contributed by atoms with Crippen molar-refractivity contribution in [2.45, 2.75) is 25.2 Å². The van der Waals surface area contributed by atoms with Crippen LogP contribution in [0, 0.1) is 0 Å². The summed E-state index contributed by atoms with van der Waals surface area (Å²) in [5.41, 5.74) is 2.65. The molecular formula is C31H33ClN2O6S. The molecule has 0 amide bonds. The number of nitrogens with one attached hydrogen (secondary N) is 2. The van der Waals surface area contributed by atoms with Crippen LogP contribution in [0.25, 0.3) is 0 Å². The summed E-state index contributed by atoms with van der Waals surface area (Å²) in [6.45, 7) is 0.267. The summed E-state index contributed by atoms with van der Waals surface area (Å²) < 4.78 is 38.1. The molecule has 4 aromatic rings. The van der Waals surface area contributed by atoms with Crippen LogP contribution < -0.4 is 19.5 Å². The topological polar surface area (TPSA) is 117 Å². The van der Waals surface area contributed by atoms with Crippen LogP contribution in [0.1, 0.15) is 22.8 Å². The average molecular weight is 597 g/mol. The van der Waals surface area contributed by atoms with Crippen molar-refractivity contribution in [3.05, 3.63) is 119 Å². The molecule has 0 bridgehead atoms. The number of hydrogen-bond donors (Lipinski definition) is 4. The largest absolute Gasteiger partial charge is 0.487 e. The summed E-state index contributed by atoms with van der Waals surface area (Å²) in [5, 5.41) is 24.6. The van der Waals surface area contributed by atoms with Crippen LogP contribution in [0.5, 0.6) is 17.2 Å². The Morgan fingerprint density at radius 3 is 2.17 bits per heavy atom. The van der Waals surface area contributed by atoms with Crippen LogP contribution in [0.2, 0.25) is 5.02 Å². The van der Waals surface area contributed by atoms with E-state index >= 15 is 0 Å². The molecule has 0 radical (unpaired) electrons. The Labute approximate surface area is 245 Å². The first kappa shape index (κ1) is 30.4. The average Bonchev–Trinajstić information content (AvgIpc) is 2.96. The third kappa shape index (κ3) is 9.77. The standard InChI is InChI=1S/C31H33ClN2O6S/c1-41(37,38)34-29-18-24(9-16-31(29)39-21-23-5-3-2-4-6-23)30(36)19-33-26(20-35)17-22-7-12-27(13-8-22)40-28-14-10-25(32)11-15-28/h2-16,18,26,30,33-36H,17,19-21H2,1H3/t26?,30-/m0/s1. The zero-order valence-electron chi connectivity index (χ0n) is 22.5. The van der Waals surface area contributed by atoms with Crippen LogP contribution in [-0.4, -0.2) is 44.1 Å². The summed E-state index contributed by atoms with van der Waals surface area (Å²) in [6.07, 6.45) is 0.626. The number of hydrogen-bond acceptors (Lipinski definition) is 7. The summed E-state index contributed by atoms with van der Waals surface area (Å²) in [6, 6.07) is 28.7. The molecule has 4 rings (SSSR count). The second-order valence-electron chi connectivity index (χ2n) is 9.61. The summed E-state index contributed by atoms with van der Waals surface area (Å²) >= 11 is 5.92. The van der Waals surface area contributed by atoms with E-state index in [1.807, 2.05) is 54.6 Å². The number of rotatable bonds is 14. The van der Waals surface area contributed by atoms with Crippen LogP contribution in [0.4, 0.5) is 5.69 Å². The lowest BCUT2D eigenvalue weighted by Gasteiger charge is -2.21. The minimum Gasteiger partial charge on any atom is -0.487 e. The normalized spacial score (nSPS) is 12.9. The molecule has 0 saturated heterocycles. The molecule has 41 heavy (non-hydrogen) atoms. The minimum absolute atomic E-state index is 0.136. The number of sulfonamides is 1. The fraction of sp³-hybridized carbons (Fsp3) is 0.226. The van der Waals surface area contributed by atoms with E-state index in [9.17, 15) is 18.6 Å². The van der Waals surface area contributed by atoms with Crippen molar-refractivity contribution in [2.24, 2.45) is 0 Å². The molecular weight excluding hydrogens is 564 g/mol. The predicted octanol–water partition coefficient (Wildman–Crippen LogP) is 5.31. The quantitative estimate of drug-likeness (QED) is 0.156. The van der Waals surface area contributed by atoms with Gasteiger partial charge in [-0.15, -0.1) is 0 Å². The Hall–Kier alpha value is -3.60. The summed E-state index contributed by atoms with van der Waals surface area (Å²) in [7, 11) is -3.59. The molecule has 2 atom stereocenters. The molecule has 0 aliphatic heterocycles. The van der Waals surface area contributed by atoms with Crippen molar-refractivity contribution < 1.29 is 28.1 Å². The Kier molecular flexibility index (Phi) is 10.6. The highest BCUT2D eigenvalue weighted by Crippen LogP contribution is 2.30. The van der Waals surface area contributed by atoms with Gasteiger partial charge in [-0.05, 0) is 71.6 Å². The highest BCUT2D eigenvalue weighted by Gasteiger charge is 2.17. The first-order valence-electron chi connectivity index (χ1n) is 13.0. The van der Waals surface area contributed by atoms with Gasteiger partial charge >= 0.3 is 0 Å². The van der Waals surface area contributed by atoms with E-state index in [4.69, 9.17) is 21.1 Å². The van der Waals surface area contributed by atoms with E-state index in [1.165, 1.54) is 0 Å². The number of aliphatic hydroxyl groups is 2. The molecule has 0 heterocycles. The molecule has 0 aliphatic rings. The Bertz CT molecular complexity index is 1500. The highest BCUT2D eigenvalue weighted by atomic mass is 35.5. The molecule has 216 valence electrons. The number of halogens is 1. The van der Waals surface area contributed by atoms with E-state index in [-0.39, 0.29) is 31.5 Å². The van der Waals surface area contributed by atoms with E-state index in [2.05, 4.69) is 10.0 Å². The minimum atomic E-state index is -3.59. The SMILES string of the molecule is CS(=O)(=O)Nc1cc([C@@H](O)CNC(CO)Cc2ccc(Oc3ccc(Cl)cc3)cc2)ccc1OCc1ccccc1. The van der Waals surface area contributed by atoms with Gasteiger partial charge in [0.1, 0.15) is 23.9 Å². The summed E-state index contributed by atoms with van der Waals surface area (Å²) in [4.78, 5) is 0. The van der Waals surface area contributed by atoms with Gasteiger partial charge in [-0.2, -0.15) is 0 Å². The maximum Gasteiger partial charge on any atom is 0.229 e. The van der Waals surface area contributed by atoms with E-state index in [1.54, 1.807) is 42.5 Å². The second kappa shape index (κ2) is 14.3. The van der Waals surface area contributed by atoms with Crippen molar-refractivity contribution >= 4 is 27.3 Å². The van der Waals surface area contributed by atoms with Crippen LogP contribution in [0.15, 0.2) is 97.1 Å². The molecule has 0 aliphatic carbocycles. The highest BCUT2D eigenvalue weighted by molar-refractivity contribution is 7.92. The lowest BCUT2D eigenvalue weighted by atomic mass is 10.0. The molecule has 0 aromatic heterocycles. The zero-order valence-corrected chi connectivity index (χ0v) is 24.1. The third-order valence-corrected chi connectivity index (χ3v) is 7.04. The third-order valence-electron chi connectivity index (χ3n) is 6.20. The maximum atomic E-state index is 12.0. The predicted molar refractivity (Wildman–Crippen MR) is 161 cm³/mol. The van der Waals surface area contributed by atoms with E-state index in [0.717, 1.165) is 17.4 Å². The first-order valence-corrected chi connectivity index (χ1v) is 15.3. The number of anilines is 1. The summed E-state index contributed by atoms with van der Waals surface area (Å²) in [5.74, 6) is 1.70.